The number of carboxylic acid groups (broad SMARTS) is 1. The first-order valence-corrected chi connectivity index (χ1v) is 5.24. The molecule has 1 aromatic heterocycles. The second-order valence-corrected chi connectivity index (χ2v) is 3.94. The summed E-state index contributed by atoms with van der Waals surface area (Å²) in [6.45, 7) is 1.69. The molecule has 0 amide bonds. The number of aliphatic hydroxyl groups excluding tert-OH is 1. The van der Waals surface area contributed by atoms with Crippen LogP contribution in [0.3, 0.4) is 0 Å². The fourth-order valence-corrected chi connectivity index (χ4v) is 1.81. The van der Waals surface area contributed by atoms with E-state index in [1.165, 1.54) is 12.3 Å². The minimum absolute atomic E-state index is 0.151. The average molecular weight is 222 g/mol. The third-order valence-corrected chi connectivity index (χ3v) is 2.91. The van der Waals surface area contributed by atoms with E-state index in [1.807, 2.05) is 0 Å². The highest BCUT2D eigenvalue weighted by Gasteiger charge is 2.27. The van der Waals surface area contributed by atoms with Gasteiger partial charge in [0.2, 0.25) is 0 Å². The summed E-state index contributed by atoms with van der Waals surface area (Å²) in [5.74, 6) is -0.939. The van der Waals surface area contributed by atoms with E-state index >= 15 is 0 Å². The van der Waals surface area contributed by atoms with Crippen molar-refractivity contribution in [3.05, 3.63) is 29.6 Å². The van der Waals surface area contributed by atoms with E-state index in [2.05, 4.69) is 9.88 Å². The lowest BCUT2D eigenvalue weighted by Gasteiger charge is -2.39. The number of pyridine rings is 1. The third-order valence-electron chi connectivity index (χ3n) is 2.91. The van der Waals surface area contributed by atoms with Gasteiger partial charge < -0.3 is 10.2 Å². The third kappa shape index (κ3) is 2.20. The van der Waals surface area contributed by atoms with Gasteiger partial charge in [-0.15, -0.1) is 0 Å². The summed E-state index contributed by atoms with van der Waals surface area (Å²) in [6.07, 6.45) is 2.50. The van der Waals surface area contributed by atoms with Gasteiger partial charge in [0.25, 0.3) is 0 Å². The second kappa shape index (κ2) is 4.59. The molecule has 0 aliphatic carbocycles. The summed E-state index contributed by atoms with van der Waals surface area (Å²) in [6, 6.07) is 3.26. The Morgan fingerprint density at radius 1 is 1.62 bits per heavy atom. The van der Waals surface area contributed by atoms with Crippen LogP contribution in [-0.4, -0.2) is 45.3 Å². The number of likely N-dealkylation sites (tertiary alicyclic amines) is 1. The monoisotopic (exact) mass is 222 g/mol. The van der Waals surface area contributed by atoms with Crippen molar-refractivity contribution >= 4 is 5.97 Å². The van der Waals surface area contributed by atoms with Gasteiger partial charge in [-0.3, -0.25) is 9.88 Å². The molecule has 86 valence electrons. The number of hydrogen-bond donors (Lipinski definition) is 2. The van der Waals surface area contributed by atoms with Crippen molar-refractivity contribution in [2.24, 2.45) is 0 Å². The molecule has 2 N–H and O–H groups in total. The van der Waals surface area contributed by atoms with Gasteiger partial charge in [-0.2, -0.15) is 0 Å². The lowest BCUT2D eigenvalue weighted by Crippen LogP contribution is -2.49. The van der Waals surface area contributed by atoms with Gasteiger partial charge >= 0.3 is 5.97 Å². The Hall–Kier alpha value is -1.46. The second-order valence-electron chi connectivity index (χ2n) is 3.94. The maximum atomic E-state index is 10.8. The first-order chi connectivity index (χ1) is 7.70. The number of hydrogen-bond acceptors (Lipinski definition) is 4. The fourth-order valence-electron chi connectivity index (χ4n) is 1.81. The van der Waals surface area contributed by atoms with Crippen LogP contribution in [0.2, 0.25) is 0 Å². The Morgan fingerprint density at radius 3 is 3.00 bits per heavy atom. The molecule has 0 radical (unpaired) electrons. The number of carbonyl (C=O) groups is 1. The molecule has 16 heavy (non-hydrogen) atoms. The molecule has 2 heterocycles. The molecule has 5 heteroatoms. The van der Waals surface area contributed by atoms with Gasteiger partial charge in [-0.05, 0) is 18.6 Å². The molecular weight excluding hydrogens is 208 g/mol. The molecular formula is C11H14N2O3. The molecule has 0 unspecified atom stereocenters. The molecule has 0 spiro atoms. The topological polar surface area (TPSA) is 73.7 Å². The van der Waals surface area contributed by atoms with E-state index in [0.717, 1.165) is 18.7 Å². The SMILES string of the molecule is O=C(O)c1ccnc(CN2CC[C@H]2CO)c1. The molecule has 0 saturated carbocycles. The predicted octanol–water partition coefficient (Wildman–Crippen LogP) is 0.346. The van der Waals surface area contributed by atoms with Crippen molar-refractivity contribution in [3.63, 3.8) is 0 Å². The largest absolute Gasteiger partial charge is 0.478 e. The summed E-state index contributed by atoms with van der Waals surface area (Å²) in [4.78, 5) is 17.0. The van der Waals surface area contributed by atoms with E-state index in [1.54, 1.807) is 6.07 Å². The van der Waals surface area contributed by atoms with Crippen LogP contribution < -0.4 is 0 Å². The number of carboxylic acids is 1. The Labute approximate surface area is 93.3 Å². The number of aromatic nitrogens is 1. The van der Waals surface area contributed by atoms with E-state index in [0.29, 0.717) is 6.54 Å². The predicted molar refractivity (Wildman–Crippen MR) is 57.1 cm³/mol. The Kier molecular flexibility index (Phi) is 3.17. The quantitative estimate of drug-likeness (QED) is 0.768. The van der Waals surface area contributed by atoms with E-state index < -0.39 is 5.97 Å². The summed E-state index contributed by atoms with van der Waals surface area (Å²) in [7, 11) is 0. The van der Waals surface area contributed by atoms with Gasteiger partial charge in [-0.25, -0.2) is 4.79 Å². The van der Waals surface area contributed by atoms with Crippen molar-refractivity contribution in [1.29, 1.82) is 0 Å². The van der Waals surface area contributed by atoms with Crippen molar-refractivity contribution in [1.82, 2.24) is 9.88 Å². The Bertz CT molecular complexity index is 393. The van der Waals surface area contributed by atoms with Crippen molar-refractivity contribution in [3.8, 4) is 0 Å². The molecule has 2 rings (SSSR count). The lowest BCUT2D eigenvalue weighted by atomic mass is 10.0. The van der Waals surface area contributed by atoms with Crippen LogP contribution in [0.15, 0.2) is 18.3 Å². The minimum atomic E-state index is -0.939. The first-order valence-electron chi connectivity index (χ1n) is 5.24. The van der Waals surface area contributed by atoms with Gasteiger partial charge in [0, 0.05) is 25.3 Å². The van der Waals surface area contributed by atoms with E-state index in [9.17, 15) is 4.79 Å². The first kappa shape index (κ1) is 11.0. The van der Waals surface area contributed by atoms with E-state index in [4.69, 9.17) is 10.2 Å². The van der Waals surface area contributed by atoms with Crippen LogP contribution in [0, 0.1) is 0 Å². The zero-order chi connectivity index (χ0) is 11.5. The number of aromatic carboxylic acids is 1. The number of aliphatic hydroxyl groups is 1. The number of nitrogens with zero attached hydrogens (tertiary/aromatic N) is 2. The molecule has 0 bridgehead atoms. The van der Waals surface area contributed by atoms with E-state index in [-0.39, 0.29) is 18.2 Å². The molecule has 0 aromatic carbocycles. The summed E-state index contributed by atoms with van der Waals surface area (Å²) in [5, 5.41) is 17.9. The van der Waals surface area contributed by atoms with Crippen LogP contribution in [-0.2, 0) is 6.54 Å². The lowest BCUT2D eigenvalue weighted by molar-refractivity contribution is 0.0346. The van der Waals surface area contributed by atoms with Crippen LogP contribution in [0.25, 0.3) is 0 Å². The van der Waals surface area contributed by atoms with Gasteiger partial charge in [0.15, 0.2) is 0 Å². The zero-order valence-electron chi connectivity index (χ0n) is 8.83. The summed E-state index contributed by atoms with van der Waals surface area (Å²) >= 11 is 0. The molecule has 1 aliphatic heterocycles. The summed E-state index contributed by atoms with van der Waals surface area (Å²) < 4.78 is 0. The molecule has 1 fully saturated rings. The maximum absolute atomic E-state index is 10.8. The van der Waals surface area contributed by atoms with Crippen molar-refractivity contribution in [2.45, 2.75) is 19.0 Å². The molecule has 1 atom stereocenters. The van der Waals surface area contributed by atoms with Gasteiger partial charge in [0.1, 0.15) is 0 Å². The highest BCUT2D eigenvalue weighted by Crippen LogP contribution is 2.19. The zero-order valence-corrected chi connectivity index (χ0v) is 8.83. The minimum Gasteiger partial charge on any atom is -0.478 e. The maximum Gasteiger partial charge on any atom is 0.335 e. The highest BCUT2D eigenvalue weighted by atomic mass is 16.4. The molecule has 5 nitrogen and oxygen atoms in total. The van der Waals surface area contributed by atoms with Crippen LogP contribution in [0.5, 0.6) is 0 Å². The standard InChI is InChI=1S/C11H14N2O3/c14-7-10-2-4-13(10)6-9-5-8(11(15)16)1-3-12-9/h1,3,5,10,14H,2,4,6-7H2,(H,15,16)/t10-/m0/s1. The molecule has 1 saturated heterocycles. The normalized spacial score (nSPS) is 20.4. The van der Waals surface area contributed by atoms with Crippen LogP contribution in [0.1, 0.15) is 22.5 Å². The smallest absolute Gasteiger partial charge is 0.335 e. The molecule has 1 aromatic rings. The summed E-state index contributed by atoms with van der Waals surface area (Å²) in [5.41, 5.74) is 0.990. The van der Waals surface area contributed by atoms with Crippen LogP contribution >= 0.6 is 0 Å². The van der Waals surface area contributed by atoms with Crippen molar-refractivity contribution < 1.29 is 15.0 Å². The van der Waals surface area contributed by atoms with Gasteiger partial charge in [-0.1, -0.05) is 0 Å². The fraction of sp³-hybridized carbons (Fsp3) is 0.455. The average Bonchev–Trinajstić information content (AvgIpc) is 2.25. The molecule has 1 aliphatic rings. The number of rotatable bonds is 4. The van der Waals surface area contributed by atoms with Gasteiger partial charge in [0.05, 0.1) is 17.9 Å². The Morgan fingerprint density at radius 2 is 2.44 bits per heavy atom. The van der Waals surface area contributed by atoms with Crippen molar-refractivity contribution in [2.75, 3.05) is 13.2 Å². The Balaban J connectivity index is 2.04. The van der Waals surface area contributed by atoms with Crippen LogP contribution in [0.4, 0.5) is 0 Å². The highest BCUT2D eigenvalue weighted by molar-refractivity contribution is 5.87.